The zero-order valence-electron chi connectivity index (χ0n) is 27.2. The molecule has 0 N–H and O–H groups in total. The Kier molecular flexibility index (Phi) is 8.46. The monoisotopic (exact) mass is 650 g/mol. The van der Waals surface area contributed by atoms with E-state index in [9.17, 15) is 0 Å². The van der Waals surface area contributed by atoms with E-state index in [1.165, 1.54) is 75.6 Å². The summed E-state index contributed by atoms with van der Waals surface area (Å²) in [5, 5.41) is 13.5. The molecule has 0 saturated carbocycles. The highest BCUT2D eigenvalue weighted by molar-refractivity contribution is 7.80. The van der Waals surface area contributed by atoms with Gasteiger partial charge in [-0.1, -0.05) is 170 Å². The van der Waals surface area contributed by atoms with E-state index in [-0.39, 0.29) is 0 Å². The summed E-state index contributed by atoms with van der Waals surface area (Å²) >= 11 is 0. The van der Waals surface area contributed by atoms with Crippen LogP contribution >= 0.6 is 15.8 Å². The molecule has 2 heteroatoms. The fourth-order valence-corrected chi connectivity index (χ4v) is 12.3. The summed E-state index contributed by atoms with van der Waals surface area (Å²) in [7, 11) is -1.75. The molecule has 230 valence electrons. The van der Waals surface area contributed by atoms with Crippen LogP contribution in [0.1, 0.15) is 11.1 Å². The largest absolute Gasteiger partial charge is 0.0622 e. The van der Waals surface area contributed by atoms with Crippen LogP contribution in [0, 0.1) is 13.8 Å². The smallest absolute Gasteiger partial charge is 0.000863 e. The van der Waals surface area contributed by atoms with E-state index < -0.39 is 15.8 Å². The Balaban J connectivity index is 1.57. The van der Waals surface area contributed by atoms with Crippen LogP contribution in [0.3, 0.4) is 0 Å². The first kappa shape index (κ1) is 30.5. The summed E-state index contributed by atoms with van der Waals surface area (Å²) in [6.07, 6.45) is 0. The molecular formula is C46H36P2. The number of benzene rings is 8. The predicted molar refractivity (Wildman–Crippen MR) is 214 cm³/mol. The molecule has 0 amide bonds. The fourth-order valence-electron chi connectivity index (χ4n) is 7.12. The van der Waals surface area contributed by atoms with Gasteiger partial charge in [-0.25, -0.2) is 0 Å². The molecular weight excluding hydrogens is 614 g/mol. The molecule has 8 aromatic carbocycles. The lowest BCUT2D eigenvalue weighted by Gasteiger charge is -2.29. The molecule has 0 saturated heterocycles. The van der Waals surface area contributed by atoms with E-state index in [2.05, 4.69) is 196 Å². The molecule has 0 unspecified atom stereocenters. The van der Waals surface area contributed by atoms with Crippen molar-refractivity contribution in [1.29, 1.82) is 0 Å². The lowest BCUT2D eigenvalue weighted by atomic mass is 9.90. The Bertz CT molecular complexity index is 2100. The number of fused-ring (bicyclic) bond motifs is 2. The molecule has 0 aliphatic rings. The number of rotatable bonds is 7. The van der Waals surface area contributed by atoms with Crippen LogP contribution in [-0.4, -0.2) is 0 Å². The van der Waals surface area contributed by atoms with Crippen molar-refractivity contribution in [1.82, 2.24) is 0 Å². The first-order valence-electron chi connectivity index (χ1n) is 16.5. The Hall–Kier alpha value is -4.86. The minimum absolute atomic E-state index is 0.876. The third kappa shape index (κ3) is 5.56. The summed E-state index contributed by atoms with van der Waals surface area (Å²) in [5.41, 5.74) is 5.35. The van der Waals surface area contributed by atoms with Gasteiger partial charge in [0.1, 0.15) is 0 Å². The van der Waals surface area contributed by atoms with Crippen molar-refractivity contribution in [3.8, 4) is 11.1 Å². The van der Waals surface area contributed by atoms with Crippen molar-refractivity contribution in [2.45, 2.75) is 13.8 Å². The molecule has 0 radical (unpaired) electrons. The topological polar surface area (TPSA) is 0 Å². The summed E-state index contributed by atoms with van der Waals surface area (Å²) in [6, 6.07) is 67.8. The van der Waals surface area contributed by atoms with E-state index >= 15 is 0 Å². The Labute approximate surface area is 286 Å². The van der Waals surface area contributed by atoms with Crippen LogP contribution in [0.2, 0.25) is 0 Å². The molecule has 8 rings (SSSR count). The summed E-state index contributed by atoms with van der Waals surface area (Å²) < 4.78 is 0. The van der Waals surface area contributed by atoms with Gasteiger partial charge < -0.3 is 0 Å². The third-order valence-electron chi connectivity index (χ3n) is 9.25. The average molecular weight is 651 g/mol. The first-order valence-corrected chi connectivity index (χ1v) is 19.2. The third-order valence-corrected chi connectivity index (χ3v) is 14.2. The van der Waals surface area contributed by atoms with E-state index in [0.29, 0.717) is 0 Å². The summed E-state index contributed by atoms with van der Waals surface area (Å²) in [5.74, 6) is 0. The highest BCUT2D eigenvalue weighted by Gasteiger charge is 2.29. The van der Waals surface area contributed by atoms with Gasteiger partial charge in [-0.15, -0.1) is 0 Å². The van der Waals surface area contributed by atoms with Gasteiger partial charge in [-0.3, -0.25) is 0 Å². The van der Waals surface area contributed by atoms with Crippen molar-refractivity contribution in [2.75, 3.05) is 0 Å². The molecule has 0 spiro atoms. The molecule has 0 heterocycles. The first-order chi connectivity index (χ1) is 23.7. The second kappa shape index (κ2) is 13.3. The molecule has 8 aromatic rings. The fraction of sp³-hybridized carbons (Fsp3) is 0.0435. The van der Waals surface area contributed by atoms with Crippen LogP contribution in [-0.2, 0) is 0 Å². The van der Waals surface area contributed by atoms with Gasteiger partial charge in [0.05, 0.1) is 0 Å². The van der Waals surface area contributed by atoms with Crippen molar-refractivity contribution < 1.29 is 0 Å². The molecule has 0 aromatic heterocycles. The Morgan fingerprint density at radius 1 is 0.292 bits per heavy atom. The van der Waals surface area contributed by atoms with Gasteiger partial charge in [0.25, 0.3) is 0 Å². The SMILES string of the molecule is Cc1cc(P(c2ccccc2)c2ccccc2)c(-c2c(P(c3ccccc3)c3ccccc3)cc(C)c3ccccc23)c2ccccc12. The van der Waals surface area contributed by atoms with Gasteiger partial charge >= 0.3 is 0 Å². The number of aryl methyl sites for hydroxylation is 2. The highest BCUT2D eigenvalue weighted by Crippen LogP contribution is 2.46. The minimum atomic E-state index is -0.876. The zero-order chi connectivity index (χ0) is 32.5. The van der Waals surface area contributed by atoms with Gasteiger partial charge in [-0.05, 0) is 117 Å². The lowest BCUT2D eigenvalue weighted by molar-refractivity contribution is 1.53. The normalized spacial score (nSPS) is 11.5. The maximum absolute atomic E-state index is 2.51. The van der Waals surface area contributed by atoms with E-state index in [1.54, 1.807) is 0 Å². The van der Waals surface area contributed by atoms with Gasteiger partial charge in [0, 0.05) is 0 Å². The van der Waals surface area contributed by atoms with Crippen molar-refractivity contribution in [2.24, 2.45) is 0 Å². The molecule has 0 bridgehead atoms. The summed E-state index contributed by atoms with van der Waals surface area (Å²) in [4.78, 5) is 0. The Morgan fingerprint density at radius 3 is 0.833 bits per heavy atom. The lowest BCUT2D eigenvalue weighted by Crippen LogP contribution is -2.26. The number of hydrogen-bond acceptors (Lipinski definition) is 0. The Morgan fingerprint density at radius 2 is 0.542 bits per heavy atom. The standard InChI is InChI=1S/C46H36P2/c1-33-31-43(47(35-19-7-3-8-20-35)36-21-9-4-10-22-36)45(41-29-17-15-27-39(33)41)46-42-30-18-16-28-40(42)34(2)32-44(46)48(37-23-11-5-12-24-37)38-25-13-6-14-26-38/h3-32H,1-2H3. The maximum atomic E-state index is 2.51. The van der Waals surface area contributed by atoms with Crippen LogP contribution in [0.4, 0.5) is 0 Å². The van der Waals surface area contributed by atoms with Crippen molar-refractivity contribution in [3.63, 3.8) is 0 Å². The predicted octanol–water partition coefficient (Wildman–Crippen LogP) is 9.79. The second-order valence-electron chi connectivity index (χ2n) is 12.3. The van der Waals surface area contributed by atoms with Crippen LogP contribution < -0.4 is 31.8 Å². The van der Waals surface area contributed by atoms with Crippen LogP contribution in [0.25, 0.3) is 32.7 Å². The van der Waals surface area contributed by atoms with E-state index in [1.807, 2.05) is 0 Å². The van der Waals surface area contributed by atoms with Gasteiger partial charge in [0.15, 0.2) is 0 Å². The van der Waals surface area contributed by atoms with Gasteiger partial charge in [-0.2, -0.15) is 0 Å². The molecule has 0 atom stereocenters. The van der Waals surface area contributed by atoms with E-state index in [0.717, 1.165) is 0 Å². The van der Waals surface area contributed by atoms with Crippen molar-refractivity contribution >= 4 is 69.2 Å². The maximum Gasteiger partial charge on any atom is -0.000863 e. The van der Waals surface area contributed by atoms with Crippen molar-refractivity contribution in [3.05, 3.63) is 193 Å². The molecule has 0 aliphatic carbocycles. The number of hydrogen-bond donors (Lipinski definition) is 0. The average Bonchev–Trinajstić information content (AvgIpc) is 3.15. The minimum Gasteiger partial charge on any atom is -0.0622 e. The summed E-state index contributed by atoms with van der Waals surface area (Å²) in [6.45, 7) is 4.57. The van der Waals surface area contributed by atoms with Crippen LogP contribution in [0.5, 0.6) is 0 Å². The molecule has 48 heavy (non-hydrogen) atoms. The quantitative estimate of drug-likeness (QED) is 0.151. The molecule has 0 nitrogen and oxygen atoms in total. The highest BCUT2D eigenvalue weighted by atomic mass is 31.1. The molecule has 0 aliphatic heterocycles. The second-order valence-corrected chi connectivity index (χ2v) is 16.7. The molecule has 0 fully saturated rings. The van der Waals surface area contributed by atoms with Crippen LogP contribution in [0.15, 0.2) is 182 Å². The zero-order valence-corrected chi connectivity index (χ0v) is 29.0. The van der Waals surface area contributed by atoms with E-state index in [4.69, 9.17) is 0 Å². The van der Waals surface area contributed by atoms with Gasteiger partial charge in [0.2, 0.25) is 0 Å².